The molecule has 0 aliphatic carbocycles. The molecule has 0 bridgehead atoms. The van der Waals surface area contributed by atoms with E-state index >= 15 is 0 Å². The number of hydrogen-bond donors (Lipinski definition) is 1. The van der Waals surface area contributed by atoms with Crippen molar-refractivity contribution in [3.05, 3.63) is 93.9 Å². The van der Waals surface area contributed by atoms with Crippen molar-refractivity contribution in [2.45, 2.75) is 12.7 Å². The smallest absolute Gasteiger partial charge is 0.433 e. The number of carbonyl (C=O) groups excluding carboxylic acids is 1. The number of methoxy groups -OCH3 is 1. The summed E-state index contributed by atoms with van der Waals surface area (Å²) in [6.45, 7) is 0.285. The molecule has 13 heteroatoms. The molecule has 0 fully saturated rings. The third kappa shape index (κ3) is 5.02. The van der Waals surface area contributed by atoms with Gasteiger partial charge in [0.25, 0.3) is 5.91 Å². The van der Waals surface area contributed by atoms with Gasteiger partial charge in [0.15, 0.2) is 17.2 Å². The van der Waals surface area contributed by atoms with E-state index in [9.17, 15) is 18.0 Å². The Hall–Kier alpha value is -4.09. The molecular formula is C25H17Cl2F3N6O2. The lowest BCUT2D eigenvalue weighted by Crippen LogP contribution is -2.16. The highest BCUT2D eigenvalue weighted by atomic mass is 35.5. The highest BCUT2D eigenvalue weighted by Crippen LogP contribution is 2.33. The number of carbonyl (C=O) groups is 1. The summed E-state index contributed by atoms with van der Waals surface area (Å²) >= 11 is 12.5. The number of amides is 1. The van der Waals surface area contributed by atoms with Crippen LogP contribution in [-0.4, -0.2) is 37.4 Å². The van der Waals surface area contributed by atoms with Crippen molar-refractivity contribution in [1.29, 1.82) is 0 Å². The SMILES string of the molecule is COc1ccc(-c2cc(C(F)(F)F)n3ncc(C(=O)Nc4nn(Cc5ccccc5Cl)cc4Cl)c3n2)cc1. The summed E-state index contributed by atoms with van der Waals surface area (Å²) in [5, 5.41) is 11.3. The van der Waals surface area contributed by atoms with Crippen LogP contribution >= 0.6 is 23.2 Å². The maximum absolute atomic E-state index is 13.9. The molecule has 2 aromatic carbocycles. The Balaban J connectivity index is 1.49. The van der Waals surface area contributed by atoms with Crippen molar-refractivity contribution in [2.24, 2.45) is 0 Å². The summed E-state index contributed by atoms with van der Waals surface area (Å²) in [7, 11) is 1.48. The topological polar surface area (TPSA) is 86.3 Å². The number of alkyl halides is 3. The third-order valence-corrected chi connectivity index (χ3v) is 6.28. The van der Waals surface area contributed by atoms with Crippen molar-refractivity contribution in [3.63, 3.8) is 0 Å². The molecule has 5 aromatic rings. The first kappa shape index (κ1) is 25.6. The van der Waals surface area contributed by atoms with Crippen LogP contribution in [0.4, 0.5) is 19.0 Å². The Labute approximate surface area is 223 Å². The first-order valence-electron chi connectivity index (χ1n) is 11.0. The fourth-order valence-electron chi connectivity index (χ4n) is 3.77. The molecule has 0 atom stereocenters. The lowest BCUT2D eigenvalue weighted by molar-refractivity contribution is -0.142. The van der Waals surface area contributed by atoms with Gasteiger partial charge in [0.05, 0.1) is 25.5 Å². The average Bonchev–Trinajstić information content (AvgIpc) is 3.47. The van der Waals surface area contributed by atoms with Crippen LogP contribution in [0.2, 0.25) is 10.0 Å². The van der Waals surface area contributed by atoms with Crippen LogP contribution in [-0.2, 0) is 12.7 Å². The van der Waals surface area contributed by atoms with Crippen molar-refractivity contribution in [2.75, 3.05) is 12.4 Å². The fourth-order valence-corrected chi connectivity index (χ4v) is 4.17. The van der Waals surface area contributed by atoms with E-state index in [-0.39, 0.29) is 34.3 Å². The largest absolute Gasteiger partial charge is 0.497 e. The normalized spacial score (nSPS) is 11.6. The van der Waals surface area contributed by atoms with Gasteiger partial charge in [-0.25, -0.2) is 9.50 Å². The molecule has 38 heavy (non-hydrogen) atoms. The van der Waals surface area contributed by atoms with E-state index in [0.29, 0.717) is 20.9 Å². The van der Waals surface area contributed by atoms with Gasteiger partial charge in [0.2, 0.25) is 0 Å². The number of fused-ring (bicyclic) bond motifs is 1. The number of hydrogen-bond acceptors (Lipinski definition) is 5. The summed E-state index contributed by atoms with van der Waals surface area (Å²) in [6.07, 6.45) is -2.25. The standard InChI is InChI=1S/C25H17Cl2F3N6O2/c1-38-16-8-6-14(7-9-16)20-10-21(25(28,29)30)36-23(32-20)17(11-31-36)24(37)33-22-19(27)13-35(34-22)12-15-4-2-3-5-18(15)26/h2-11,13H,12H2,1H3,(H,33,34,37). The second-order valence-corrected chi connectivity index (χ2v) is 8.93. The first-order valence-corrected chi connectivity index (χ1v) is 11.8. The minimum Gasteiger partial charge on any atom is -0.497 e. The van der Waals surface area contributed by atoms with Crippen molar-refractivity contribution >= 4 is 40.6 Å². The van der Waals surface area contributed by atoms with E-state index in [0.717, 1.165) is 17.8 Å². The van der Waals surface area contributed by atoms with Gasteiger partial charge in [-0.05, 0) is 42.0 Å². The minimum absolute atomic E-state index is 0.00378. The predicted octanol–water partition coefficient (Wildman–Crippen LogP) is 6.23. The van der Waals surface area contributed by atoms with Gasteiger partial charge in [-0.15, -0.1) is 0 Å². The molecule has 5 rings (SSSR count). The van der Waals surface area contributed by atoms with Crippen LogP contribution in [0, 0.1) is 0 Å². The number of rotatable bonds is 6. The average molecular weight is 561 g/mol. The molecule has 3 aromatic heterocycles. The number of nitrogens with zero attached hydrogens (tertiary/aromatic N) is 5. The summed E-state index contributed by atoms with van der Waals surface area (Å²) in [5.74, 6) is -0.232. The van der Waals surface area contributed by atoms with Crippen LogP contribution in [0.5, 0.6) is 5.75 Å². The maximum Gasteiger partial charge on any atom is 0.433 e. The zero-order chi connectivity index (χ0) is 27.0. The Morgan fingerprint density at radius 2 is 1.82 bits per heavy atom. The highest BCUT2D eigenvalue weighted by molar-refractivity contribution is 6.33. The Morgan fingerprint density at radius 1 is 1.08 bits per heavy atom. The Bertz CT molecular complexity index is 1650. The lowest BCUT2D eigenvalue weighted by Gasteiger charge is -2.12. The molecule has 1 N–H and O–H groups in total. The zero-order valence-electron chi connectivity index (χ0n) is 19.5. The quantitative estimate of drug-likeness (QED) is 0.266. The number of aromatic nitrogens is 5. The van der Waals surface area contributed by atoms with E-state index in [1.54, 1.807) is 36.4 Å². The highest BCUT2D eigenvalue weighted by Gasteiger charge is 2.36. The molecule has 0 aliphatic heterocycles. The van der Waals surface area contributed by atoms with Gasteiger partial charge < -0.3 is 10.1 Å². The minimum atomic E-state index is -4.76. The second-order valence-electron chi connectivity index (χ2n) is 8.12. The molecule has 3 heterocycles. The van der Waals surface area contributed by atoms with Crippen LogP contribution in [0.15, 0.2) is 67.0 Å². The van der Waals surface area contributed by atoms with Crippen LogP contribution in [0.25, 0.3) is 16.9 Å². The van der Waals surface area contributed by atoms with Gasteiger partial charge in [-0.1, -0.05) is 41.4 Å². The molecule has 0 spiro atoms. The van der Waals surface area contributed by atoms with Gasteiger partial charge in [-0.2, -0.15) is 23.4 Å². The zero-order valence-corrected chi connectivity index (χ0v) is 21.0. The Kier molecular flexibility index (Phi) is 6.72. The van der Waals surface area contributed by atoms with Gasteiger partial charge >= 0.3 is 6.18 Å². The van der Waals surface area contributed by atoms with Crippen LogP contribution < -0.4 is 10.1 Å². The molecular weight excluding hydrogens is 544 g/mol. The molecule has 8 nitrogen and oxygen atoms in total. The fraction of sp³-hybridized carbons (Fsp3) is 0.120. The number of ether oxygens (including phenoxy) is 1. The maximum atomic E-state index is 13.9. The van der Waals surface area contributed by atoms with E-state index < -0.39 is 17.8 Å². The monoisotopic (exact) mass is 560 g/mol. The van der Waals surface area contributed by atoms with E-state index in [2.05, 4.69) is 20.5 Å². The van der Waals surface area contributed by atoms with Gasteiger partial charge in [-0.3, -0.25) is 9.48 Å². The van der Waals surface area contributed by atoms with Crippen molar-refractivity contribution in [1.82, 2.24) is 24.4 Å². The molecule has 0 radical (unpaired) electrons. The molecule has 0 saturated heterocycles. The van der Waals surface area contributed by atoms with Gasteiger partial charge in [0.1, 0.15) is 16.3 Å². The summed E-state index contributed by atoms with van der Waals surface area (Å²) in [5.41, 5.74) is -0.382. The molecule has 0 aliphatic rings. The van der Waals surface area contributed by atoms with E-state index in [4.69, 9.17) is 27.9 Å². The molecule has 0 unspecified atom stereocenters. The summed E-state index contributed by atoms with van der Waals surface area (Å²) in [4.78, 5) is 17.4. The second kappa shape index (κ2) is 9.99. The molecule has 1 amide bonds. The summed E-state index contributed by atoms with van der Waals surface area (Å²) < 4.78 is 48.9. The van der Waals surface area contributed by atoms with Gasteiger partial charge in [0, 0.05) is 16.8 Å². The van der Waals surface area contributed by atoms with Crippen molar-refractivity contribution in [3.8, 4) is 17.0 Å². The number of benzene rings is 2. The van der Waals surface area contributed by atoms with E-state index in [1.165, 1.54) is 18.0 Å². The predicted molar refractivity (Wildman–Crippen MR) is 136 cm³/mol. The van der Waals surface area contributed by atoms with E-state index in [1.807, 2.05) is 12.1 Å². The number of halogens is 5. The van der Waals surface area contributed by atoms with Crippen molar-refractivity contribution < 1.29 is 22.7 Å². The third-order valence-electron chi connectivity index (χ3n) is 5.63. The molecule has 194 valence electrons. The van der Waals surface area contributed by atoms with Crippen LogP contribution in [0.3, 0.4) is 0 Å². The number of nitrogens with one attached hydrogen (secondary N) is 1. The lowest BCUT2D eigenvalue weighted by atomic mass is 10.1. The molecule has 0 saturated carbocycles. The first-order chi connectivity index (χ1) is 18.1. The van der Waals surface area contributed by atoms with Crippen LogP contribution in [0.1, 0.15) is 21.6 Å². The summed E-state index contributed by atoms with van der Waals surface area (Å²) in [6, 6.07) is 14.4. The Morgan fingerprint density at radius 3 is 2.50 bits per heavy atom. The number of anilines is 1.